The van der Waals surface area contributed by atoms with Crippen molar-refractivity contribution < 1.29 is 22.3 Å². The smallest absolute Gasteiger partial charge is 0.411 e. The molecule has 0 amide bonds. The number of halogens is 3. The van der Waals surface area contributed by atoms with Crippen LogP contribution >= 0.6 is 0 Å². The van der Waals surface area contributed by atoms with E-state index in [0.29, 0.717) is 18.0 Å². The molecule has 0 fully saturated rings. The molecule has 0 aromatic carbocycles. The second-order valence-corrected chi connectivity index (χ2v) is 4.93. The molecule has 0 unspecified atom stereocenters. The Bertz CT molecular complexity index is 369. The lowest BCUT2D eigenvalue weighted by molar-refractivity contribution is -0.177. The van der Waals surface area contributed by atoms with Crippen LogP contribution in [0.4, 0.5) is 13.2 Å². The minimum Gasteiger partial charge on any atom is -0.446 e. The van der Waals surface area contributed by atoms with E-state index in [-0.39, 0.29) is 12.1 Å². The maximum Gasteiger partial charge on any atom is 0.411 e. The van der Waals surface area contributed by atoms with Crippen LogP contribution in [0, 0.1) is 0 Å². The van der Waals surface area contributed by atoms with Crippen LogP contribution in [0.5, 0.6) is 0 Å². The van der Waals surface area contributed by atoms with Crippen LogP contribution in [-0.2, 0) is 17.9 Å². The van der Waals surface area contributed by atoms with Crippen LogP contribution in [0.25, 0.3) is 0 Å². The lowest BCUT2D eigenvalue weighted by Gasteiger charge is -2.19. The van der Waals surface area contributed by atoms with Gasteiger partial charge in [-0.1, -0.05) is 0 Å². The molecule has 0 aliphatic heterocycles. The fraction of sp³-hybridized carbons (Fsp3) is 0.727. The van der Waals surface area contributed by atoms with Gasteiger partial charge in [-0.05, 0) is 20.8 Å². The third kappa shape index (κ3) is 6.02. The monoisotopic (exact) mass is 266 g/mol. The minimum absolute atomic E-state index is 0.108. The van der Waals surface area contributed by atoms with Gasteiger partial charge in [-0.15, -0.1) is 0 Å². The van der Waals surface area contributed by atoms with Gasteiger partial charge < -0.3 is 14.5 Å². The number of hydrogen-bond acceptors (Lipinski definition) is 4. The molecule has 1 aromatic rings. The Morgan fingerprint density at radius 2 is 2.00 bits per heavy atom. The zero-order chi connectivity index (χ0) is 13.8. The van der Waals surface area contributed by atoms with E-state index in [1.807, 2.05) is 20.8 Å². The number of aromatic nitrogens is 1. The van der Waals surface area contributed by atoms with Crippen LogP contribution in [-0.4, -0.2) is 23.3 Å². The first-order chi connectivity index (χ1) is 8.17. The molecule has 0 saturated heterocycles. The molecule has 1 aromatic heterocycles. The van der Waals surface area contributed by atoms with Crippen LogP contribution in [0.2, 0.25) is 0 Å². The van der Waals surface area contributed by atoms with Crippen molar-refractivity contribution in [2.45, 2.75) is 45.6 Å². The van der Waals surface area contributed by atoms with E-state index < -0.39 is 12.8 Å². The van der Waals surface area contributed by atoms with Gasteiger partial charge in [0.25, 0.3) is 0 Å². The minimum atomic E-state index is -4.33. The van der Waals surface area contributed by atoms with Gasteiger partial charge >= 0.3 is 6.18 Å². The summed E-state index contributed by atoms with van der Waals surface area (Å²) in [6, 6.07) is 0. The van der Waals surface area contributed by atoms with E-state index >= 15 is 0 Å². The standard InChI is InChI=1S/C11H17F3N2O2/c1-10(2,3)16-4-8-9(18-7-15-8)5-17-6-11(12,13)14/h7,16H,4-6H2,1-3H3. The van der Waals surface area contributed by atoms with Crippen LogP contribution in [0.15, 0.2) is 10.8 Å². The van der Waals surface area contributed by atoms with E-state index in [0.717, 1.165) is 0 Å². The van der Waals surface area contributed by atoms with Crippen molar-refractivity contribution >= 4 is 0 Å². The molecule has 0 saturated carbocycles. The van der Waals surface area contributed by atoms with E-state index in [9.17, 15) is 13.2 Å². The first-order valence-corrected chi connectivity index (χ1v) is 5.48. The van der Waals surface area contributed by atoms with Crippen molar-refractivity contribution in [3.8, 4) is 0 Å². The molecule has 0 aliphatic rings. The maximum absolute atomic E-state index is 11.9. The molecular weight excluding hydrogens is 249 g/mol. The molecule has 0 aliphatic carbocycles. The highest BCUT2D eigenvalue weighted by Crippen LogP contribution is 2.16. The molecule has 0 bridgehead atoms. The first-order valence-electron chi connectivity index (χ1n) is 5.48. The quantitative estimate of drug-likeness (QED) is 0.890. The summed E-state index contributed by atoms with van der Waals surface area (Å²) in [6.07, 6.45) is -3.13. The molecule has 1 heterocycles. The molecule has 1 N–H and O–H groups in total. The summed E-state index contributed by atoms with van der Waals surface area (Å²) in [5.74, 6) is 0.316. The van der Waals surface area contributed by atoms with Gasteiger partial charge in [0.05, 0.1) is 5.69 Å². The van der Waals surface area contributed by atoms with Gasteiger partial charge in [0.2, 0.25) is 0 Å². The highest BCUT2D eigenvalue weighted by atomic mass is 19.4. The Morgan fingerprint density at radius 1 is 1.33 bits per heavy atom. The summed E-state index contributed by atoms with van der Waals surface area (Å²) in [6.45, 7) is 4.83. The molecule has 0 spiro atoms. The van der Waals surface area contributed by atoms with Gasteiger partial charge in [0, 0.05) is 12.1 Å². The lowest BCUT2D eigenvalue weighted by atomic mass is 10.1. The van der Waals surface area contributed by atoms with E-state index in [1.54, 1.807) is 0 Å². The number of nitrogens with zero attached hydrogens (tertiary/aromatic N) is 1. The molecule has 104 valence electrons. The lowest BCUT2D eigenvalue weighted by Crippen LogP contribution is -2.35. The van der Waals surface area contributed by atoms with Crippen molar-refractivity contribution in [1.82, 2.24) is 10.3 Å². The average molecular weight is 266 g/mol. The van der Waals surface area contributed by atoms with E-state index in [2.05, 4.69) is 15.0 Å². The predicted octanol–water partition coefficient (Wildman–Crippen LogP) is 2.64. The van der Waals surface area contributed by atoms with Gasteiger partial charge in [-0.25, -0.2) is 4.98 Å². The summed E-state index contributed by atoms with van der Waals surface area (Å²) >= 11 is 0. The highest BCUT2D eigenvalue weighted by Gasteiger charge is 2.27. The van der Waals surface area contributed by atoms with Gasteiger partial charge in [0.15, 0.2) is 12.2 Å². The Kier molecular flexibility index (Phi) is 4.75. The summed E-state index contributed by atoms with van der Waals surface area (Å²) in [5, 5.41) is 3.17. The first kappa shape index (κ1) is 15.0. The summed E-state index contributed by atoms with van der Waals surface area (Å²) < 4.78 is 45.2. The number of rotatable bonds is 5. The second-order valence-electron chi connectivity index (χ2n) is 4.93. The largest absolute Gasteiger partial charge is 0.446 e. The second kappa shape index (κ2) is 5.71. The summed E-state index contributed by atoms with van der Waals surface area (Å²) in [7, 11) is 0. The fourth-order valence-electron chi connectivity index (χ4n) is 1.16. The Hall–Kier alpha value is -1.08. The van der Waals surface area contributed by atoms with Crippen LogP contribution in [0.3, 0.4) is 0 Å². The molecule has 18 heavy (non-hydrogen) atoms. The maximum atomic E-state index is 11.9. The van der Waals surface area contributed by atoms with Crippen molar-refractivity contribution in [2.75, 3.05) is 6.61 Å². The summed E-state index contributed by atoms with van der Waals surface area (Å²) in [5.41, 5.74) is 0.454. The van der Waals surface area contributed by atoms with E-state index in [4.69, 9.17) is 4.42 Å². The molecule has 0 atom stereocenters. The van der Waals surface area contributed by atoms with Gasteiger partial charge in [-0.2, -0.15) is 13.2 Å². The van der Waals surface area contributed by atoms with Gasteiger partial charge in [0.1, 0.15) is 13.2 Å². The predicted molar refractivity (Wildman–Crippen MR) is 58.8 cm³/mol. The molecule has 7 heteroatoms. The Balaban J connectivity index is 2.45. The number of ether oxygens (including phenoxy) is 1. The number of alkyl halides is 3. The zero-order valence-corrected chi connectivity index (χ0v) is 10.6. The number of oxazole rings is 1. The molecule has 1 rings (SSSR count). The SMILES string of the molecule is CC(C)(C)NCc1ncoc1COCC(F)(F)F. The van der Waals surface area contributed by atoms with Crippen LogP contribution in [0.1, 0.15) is 32.2 Å². The normalized spacial score (nSPS) is 13.0. The van der Waals surface area contributed by atoms with Crippen LogP contribution < -0.4 is 5.32 Å². The van der Waals surface area contributed by atoms with Crippen molar-refractivity contribution in [1.29, 1.82) is 0 Å². The molecule has 4 nitrogen and oxygen atoms in total. The third-order valence-electron chi connectivity index (χ3n) is 2.01. The Labute approximate surface area is 104 Å². The van der Waals surface area contributed by atoms with E-state index in [1.165, 1.54) is 6.39 Å². The Morgan fingerprint density at radius 3 is 2.56 bits per heavy atom. The molecule has 0 radical (unpaired) electrons. The topological polar surface area (TPSA) is 47.3 Å². The average Bonchev–Trinajstić information content (AvgIpc) is 2.59. The van der Waals surface area contributed by atoms with Crippen molar-refractivity contribution in [2.24, 2.45) is 0 Å². The van der Waals surface area contributed by atoms with Crippen molar-refractivity contribution in [3.63, 3.8) is 0 Å². The third-order valence-corrected chi connectivity index (χ3v) is 2.01. The molecular formula is C11H17F3N2O2. The van der Waals surface area contributed by atoms with Gasteiger partial charge in [-0.3, -0.25) is 0 Å². The van der Waals surface area contributed by atoms with Crippen molar-refractivity contribution in [3.05, 3.63) is 17.8 Å². The number of nitrogens with one attached hydrogen (secondary N) is 1. The number of hydrogen-bond donors (Lipinski definition) is 1. The summed E-state index contributed by atoms with van der Waals surface area (Å²) in [4.78, 5) is 3.94. The highest BCUT2D eigenvalue weighted by molar-refractivity contribution is 5.06. The zero-order valence-electron chi connectivity index (χ0n) is 10.6. The fourth-order valence-corrected chi connectivity index (χ4v) is 1.16.